The summed E-state index contributed by atoms with van der Waals surface area (Å²) in [5.74, 6) is 3.43. The number of hydrogen-bond acceptors (Lipinski definition) is 2. The number of nitrogens with zero attached hydrogens (tertiary/aromatic N) is 1. The molecule has 1 aliphatic carbocycles. The third kappa shape index (κ3) is 3.27. The number of nitrogens with two attached hydrogens (primary N) is 1. The molecule has 0 aromatic rings. The quantitative estimate of drug-likeness (QED) is 0.836. The first-order chi connectivity index (χ1) is 8.61. The molecule has 0 aromatic carbocycles. The fourth-order valence-electron chi connectivity index (χ4n) is 3.95. The van der Waals surface area contributed by atoms with E-state index < -0.39 is 0 Å². The fraction of sp³-hybridized carbons (Fsp3) is 1.00. The Morgan fingerprint density at radius 2 is 1.78 bits per heavy atom. The summed E-state index contributed by atoms with van der Waals surface area (Å²) in [5.41, 5.74) is 5.92. The standard InChI is InChI=1S/C16H32N2/c1-12(2)14-4-6-16(7-5-14)18-9-8-13(3)15(10-17)11-18/h12-16H,4-11,17H2,1-3H3. The average Bonchev–Trinajstić information content (AvgIpc) is 2.39. The zero-order valence-electron chi connectivity index (χ0n) is 12.6. The van der Waals surface area contributed by atoms with Crippen molar-refractivity contribution in [1.29, 1.82) is 0 Å². The Morgan fingerprint density at radius 3 is 2.33 bits per heavy atom. The minimum absolute atomic E-state index is 0.738. The summed E-state index contributed by atoms with van der Waals surface area (Å²) >= 11 is 0. The van der Waals surface area contributed by atoms with Crippen LogP contribution in [0.3, 0.4) is 0 Å². The van der Waals surface area contributed by atoms with E-state index in [1.54, 1.807) is 0 Å². The molecule has 2 heteroatoms. The highest BCUT2D eigenvalue weighted by molar-refractivity contribution is 4.86. The van der Waals surface area contributed by atoms with Gasteiger partial charge in [-0.15, -0.1) is 0 Å². The Bertz CT molecular complexity index is 243. The highest BCUT2D eigenvalue weighted by Gasteiger charge is 2.32. The van der Waals surface area contributed by atoms with Crippen LogP contribution in [-0.4, -0.2) is 30.6 Å². The van der Waals surface area contributed by atoms with Crippen LogP contribution in [0.4, 0.5) is 0 Å². The minimum atomic E-state index is 0.738. The Kier molecular flexibility index (Phi) is 5.08. The molecule has 2 unspecified atom stereocenters. The number of piperidine rings is 1. The molecule has 0 bridgehead atoms. The van der Waals surface area contributed by atoms with E-state index in [0.29, 0.717) is 0 Å². The summed E-state index contributed by atoms with van der Waals surface area (Å²) in [6.07, 6.45) is 7.10. The monoisotopic (exact) mass is 252 g/mol. The molecule has 18 heavy (non-hydrogen) atoms. The van der Waals surface area contributed by atoms with E-state index in [9.17, 15) is 0 Å². The van der Waals surface area contributed by atoms with Crippen molar-refractivity contribution in [1.82, 2.24) is 4.90 Å². The van der Waals surface area contributed by atoms with Crippen molar-refractivity contribution in [3.8, 4) is 0 Å². The van der Waals surface area contributed by atoms with Crippen LogP contribution in [0.2, 0.25) is 0 Å². The molecule has 2 aliphatic rings. The maximum atomic E-state index is 5.92. The van der Waals surface area contributed by atoms with Gasteiger partial charge in [0, 0.05) is 12.6 Å². The maximum absolute atomic E-state index is 5.92. The van der Waals surface area contributed by atoms with Crippen LogP contribution in [0, 0.1) is 23.7 Å². The SMILES string of the molecule is CC(C)C1CCC(N2CCC(C)C(CN)C2)CC1. The predicted molar refractivity (Wildman–Crippen MR) is 78.5 cm³/mol. The molecule has 2 fully saturated rings. The van der Waals surface area contributed by atoms with Crippen LogP contribution >= 0.6 is 0 Å². The van der Waals surface area contributed by atoms with Gasteiger partial charge in [0.25, 0.3) is 0 Å². The largest absolute Gasteiger partial charge is 0.330 e. The van der Waals surface area contributed by atoms with Crippen molar-refractivity contribution in [2.24, 2.45) is 29.4 Å². The summed E-state index contributed by atoms with van der Waals surface area (Å²) in [7, 11) is 0. The van der Waals surface area contributed by atoms with Crippen molar-refractivity contribution in [3.63, 3.8) is 0 Å². The molecular formula is C16H32N2. The summed E-state index contributed by atoms with van der Waals surface area (Å²) in [4.78, 5) is 2.76. The molecule has 1 saturated carbocycles. The van der Waals surface area contributed by atoms with Gasteiger partial charge >= 0.3 is 0 Å². The molecule has 106 valence electrons. The molecule has 0 amide bonds. The molecule has 2 nitrogen and oxygen atoms in total. The van der Waals surface area contributed by atoms with Gasteiger partial charge in [-0.3, -0.25) is 0 Å². The van der Waals surface area contributed by atoms with E-state index in [1.165, 1.54) is 45.2 Å². The second-order valence-corrected chi connectivity index (χ2v) is 7.07. The smallest absolute Gasteiger partial charge is 0.00955 e. The number of likely N-dealkylation sites (tertiary alicyclic amines) is 1. The average molecular weight is 252 g/mol. The van der Waals surface area contributed by atoms with Gasteiger partial charge < -0.3 is 10.6 Å². The van der Waals surface area contributed by atoms with Crippen molar-refractivity contribution in [2.45, 2.75) is 58.9 Å². The molecule has 0 radical (unpaired) electrons. The van der Waals surface area contributed by atoms with Gasteiger partial charge in [0.15, 0.2) is 0 Å². The lowest BCUT2D eigenvalue weighted by Gasteiger charge is -2.44. The van der Waals surface area contributed by atoms with Crippen molar-refractivity contribution in [3.05, 3.63) is 0 Å². The molecule has 1 saturated heterocycles. The Hall–Kier alpha value is -0.0800. The lowest BCUT2D eigenvalue weighted by atomic mass is 9.78. The van der Waals surface area contributed by atoms with E-state index in [2.05, 4.69) is 25.7 Å². The van der Waals surface area contributed by atoms with E-state index in [4.69, 9.17) is 5.73 Å². The molecule has 2 atom stereocenters. The molecule has 2 rings (SSSR count). The van der Waals surface area contributed by atoms with Crippen LogP contribution in [0.5, 0.6) is 0 Å². The van der Waals surface area contributed by atoms with Crippen LogP contribution < -0.4 is 5.73 Å². The fourth-order valence-corrected chi connectivity index (χ4v) is 3.95. The zero-order chi connectivity index (χ0) is 13.1. The molecular weight excluding hydrogens is 220 g/mol. The first kappa shape index (κ1) is 14.3. The lowest BCUT2D eigenvalue weighted by Crippen LogP contribution is -2.48. The molecule has 0 spiro atoms. The summed E-state index contributed by atoms with van der Waals surface area (Å²) in [6, 6.07) is 0.863. The van der Waals surface area contributed by atoms with Crippen molar-refractivity contribution >= 4 is 0 Å². The molecule has 0 aromatic heterocycles. The number of rotatable bonds is 3. The highest BCUT2D eigenvalue weighted by atomic mass is 15.2. The first-order valence-electron chi connectivity index (χ1n) is 8.06. The summed E-state index contributed by atoms with van der Waals surface area (Å²) in [6.45, 7) is 10.6. The minimum Gasteiger partial charge on any atom is -0.330 e. The van der Waals surface area contributed by atoms with Gasteiger partial charge in [-0.1, -0.05) is 20.8 Å². The van der Waals surface area contributed by atoms with Gasteiger partial charge in [-0.05, 0) is 68.9 Å². The highest BCUT2D eigenvalue weighted by Crippen LogP contribution is 2.34. The van der Waals surface area contributed by atoms with Crippen LogP contribution in [0.25, 0.3) is 0 Å². The maximum Gasteiger partial charge on any atom is 0.00955 e. The molecule has 2 N–H and O–H groups in total. The molecule has 1 heterocycles. The normalized spacial score (nSPS) is 39.2. The summed E-state index contributed by atoms with van der Waals surface area (Å²) in [5, 5.41) is 0. The second kappa shape index (κ2) is 6.38. The van der Waals surface area contributed by atoms with Gasteiger partial charge in [0.05, 0.1) is 0 Å². The zero-order valence-corrected chi connectivity index (χ0v) is 12.6. The van der Waals surface area contributed by atoms with Crippen molar-refractivity contribution in [2.75, 3.05) is 19.6 Å². The van der Waals surface area contributed by atoms with E-state index in [0.717, 1.165) is 36.3 Å². The summed E-state index contributed by atoms with van der Waals surface area (Å²) < 4.78 is 0. The number of hydrogen-bond donors (Lipinski definition) is 1. The lowest BCUT2D eigenvalue weighted by molar-refractivity contribution is 0.0593. The molecule has 1 aliphatic heterocycles. The van der Waals surface area contributed by atoms with Crippen LogP contribution in [-0.2, 0) is 0 Å². The Balaban J connectivity index is 1.83. The van der Waals surface area contributed by atoms with Crippen molar-refractivity contribution < 1.29 is 0 Å². The third-order valence-electron chi connectivity index (χ3n) is 5.65. The first-order valence-corrected chi connectivity index (χ1v) is 8.06. The topological polar surface area (TPSA) is 29.3 Å². The Morgan fingerprint density at radius 1 is 1.11 bits per heavy atom. The van der Waals surface area contributed by atoms with Gasteiger partial charge in [-0.25, -0.2) is 0 Å². The van der Waals surface area contributed by atoms with Crippen LogP contribution in [0.15, 0.2) is 0 Å². The van der Waals surface area contributed by atoms with Crippen LogP contribution in [0.1, 0.15) is 52.9 Å². The van der Waals surface area contributed by atoms with Gasteiger partial charge in [0.2, 0.25) is 0 Å². The van der Waals surface area contributed by atoms with Gasteiger partial charge in [0.1, 0.15) is 0 Å². The van der Waals surface area contributed by atoms with Gasteiger partial charge in [-0.2, -0.15) is 0 Å². The van der Waals surface area contributed by atoms with E-state index in [-0.39, 0.29) is 0 Å². The second-order valence-electron chi connectivity index (χ2n) is 7.07. The Labute approximate surface area is 113 Å². The van der Waals surface area contributed by atoms with E-state index >= 15 is 0 Å². The third-order valence-corrected chi connectivity index (χ3v) is 5.65. The van der Waals surface area contributed by atoms with E-state index in [1.807, 2.05) is 0 Å². The predicted octanol–water partition coefficient (Wildman–Crippen LogP) is 3.12.